The van der Waals surface area contributed by atoms with Crippen molar-refractivity contribution in [3.05, 3.63) is 18.1 Å². The third-order valence-electron chi connectivity index (χ3n) is 3.60. The van der Waals surface area contributed by atoms with E-state index in [1.807, 2.05) is 4.90 Å². The molecular formula is C12H16N4O2. The van der Waals surface area contributed by atoms with E-state index in [1.165, 1.54) is 25.4 Å². The lowest BCUT2D eigenvalue weighted by atomic mass is 10.2. The highest BCUT2D eigenvalue weighted by Crippen LogP contribution is 2.28. The SMILES string of the molecule is O=C(O)c1cncnc1N1CCN(C2CC2)CC1. The van der Waals surface area contributed by atoms with Gasteiger partial charge in [-0.3, -0.25) is 4.90 Å². The Morgan fingerprint density at radius 2 is 2.00 bits per heavy atom. The average Bonchev–Trinajstić information content (AvgIpc) is 3.23. The van der Waals surface area contributed by atoms with Crippen molar-refractivity contribution in [3.8, 4) is 0 Å². The van der Waals surface area contributed by atoms with Crippen LogP contribution < -0.4 is 4.90 Å². The first-order valence-corrected chi connectivity index (χ1v) is 6.28. The van der Waals surface area contributed by atoms with Gasteiger partial charge >= 0.3 is 5.97 Å². The number of nitrogens with zero attached hydrogens (tertiary/aromatic N) is 4. The quantitative estimate of drug-likeness (QED) is 0.838. The fourth-order valence-corrected chi connectivity index (χ4v) is 2.46. The third kappa shape index (κ3) is 2.15. The molecular weight excluding hydrogens is 232 g/mol. The summed E-state index contributed by atoms with van der Waals surface area (Å²) in [7, 11) is 0. The van der Waals surface area contributed by atoms with E-state index < -0.39 is 5.97 Å². The second-order valence-corrected chi connectivity index (χ2v) is 4.82. The van der Waals surface area contributed by atoms with Gasteiger partial charge in [0.1, 0.15) is 17.7 Å². The van der Waals surface area contributed by atoms with Crippen LogP contribution in [0.15, 0.2) is 12.5 Å². The Kier molecular flexibility index (Phi) is 2.87. The number of anilines is 1. The molecule has 1 aromatic heterocycles. The summed E-state index contributed by atoms with van der Waals surface area (Å²) in [6.07, 6.45) is 5.41. The van der Waals surface area contributed by atoms with Gasteiger partial charge in [0, 0.05) is 38.4 Å². The minimum Gasteiger partial charge on any atom is -0.477 e. The summed E-state index contributed by atoms with van der Waals surface area (Å²) in [5.41, 5.74) is 0.192. The number of aromatic nitrogens is 2. The topological polar surface area (TPSA) is 69.6 Å². The van der Waals surface area contributed by atoms with E-state index in [9.17, 15) is 4.79 Å². The van der Waals surface area contributed by atoms with Crippen LogP contribution in [0.3, 0.4) is 0 Å². The number of hydrogen-bond acceptors (Lipinski definition) is 5. The van der Waals surface area contributed by atoms with Gasteiger partial charge in [-0.2, -0.15) is 0 Å². The van der Waals surface area contributed by atoms with E-state index in [4.69, 9.17) is 5.11 Å². The number of carbonyl (C=O) groups is 1. The molecule has 1 saturated carbocycles. The summed E-state index contributed by atoms with van der Waals surface area (Å²) >= 11 is 0. The van der Waals surface area contributed by atoms with E-state index in [1.54, 1.807) is 0 Å². The van der Waals surface area contributed by atoms with Gasteiger partial charge < -0.3 is 10.0 Å². The second kappa shape index (κ2) is 4.53. The maximum atomic E-state index is 11.1. The highest BCUT2D eigenvalue weighted by atomic mass is 16.4. The minimum atomic E-state index is -0.963. The first-order chi connectivity index (χ1) is 8.75. The lowest BCUT2D eigenvalue weighted by Crippen LogP contribution is -2.47. The van der Waals surface area contributed by atoms with Crippen molar-refractivity contribution >= 4 is 11.8 Å². The van der Waals surface area contributed by atoms with Crippen molar-refractivity contribution in [1.29, 1.82) is 0 Å². The van der Waals surface area contributed by atoms with Crippen LogP contribution in [-0.4, -0.2) is 58.2 Å². The van der Waals surface area contributed by atoms with Crippen molar-refractivity contribution < 1.29 is 9.90 Å². The molecule has 0 atom stereocenters. The Hall–Kier alpha value is -1.69. The van der Waals surface area contributed by atoms with Gasteiger partial charge in [-0.1, -0.05) is 0 Å². The molecule has 1 N–H and O–H groups in total. The van der Waals surface area contributed by atoms with Gasteiger partial charge in [0.15, 0.2) is 0 Å². The van der Waals surface area contributed by atoms with Gasteiger partial charge in [0.2, 0.25) is 0 Å². The minimum absolute atomic E-state index is 0.192. The fraction of sp³-hybridized carbons (Fsp3) is 0.583. The predicted octanol–water partition coefficient (Wildman–Crippen LogP) is 0.459. The normalized spacial score (nSPS) is 21.0. The number of carboxylic acids is 1. The smallest absolute Gasteiger partial charge is 0.341 e. The molecule has 6 nitrogen and oxygen atoms in total. The van der Waals surface area contributed by atoms with E-state index >= 15 is 0 Å². The molecule has 0 aromatic carbocycles. The van der Waals surface area contributed by atoms with Crippen LogP contribution in [0.4, 0.5) is 5.82 Å². The van der Waals surface area contributed by atoms with Crippen LogP contribution in [0.25, 0.3) is 0 Å². The zero-order valence-corrected chi connectivity index (χ0v) is 10.1. The van der Waals surface area contributed by atoms with Crippen molar-refractivity contribution in [3.63, 3.8) is 0 Å². The second-order valence-electron chi connectivity index (χ2n) is 4.82. The predicted molar refractivity (Wildman–Crippen MR) is 65.8 cm³/mol. The molecule has 0 spiro atoms. The largest absolute Gasteiger partial charge is 0.477 e. The van der Waals surface area contributed by atoms with Gasteiger partial charge in [0.25, 0.3) is 0 Å². The summed E-state index contributed by atoms with van der Waals surface area (Å²) in [5.74, 6) is -0.414. The summed E-state index contributed by atoms with van der Waals surface area (Å²) in [6, 6.07) is 0.775. The highest BCUT2D eigenvalue weighted by molar-refractivity contribution is 5.92. The zero-order chi connectivity index (χ0) is 12.5. The molecule has 0 bridgehead atoms. The molecule has 0 amide bonds. The van der Waals surface area contributed by atoms with Gasteiger partial charge in [0.05, 0.1) is 0 Å². The van der Waals surface area contributed by atoms with Crippen molar-refractivity contribution in [2.45, 2.75) is 18.9 Å². The molecule has 1 aliphatic carbocycles. The molecule has 96 valence electrons. The molecule has 0 unspecified atom stereocenters. The molecule has 1 aliphatic heterocycles. The zero-order valence-electron chi connectivity index (χ0n) is 10.1. The first-order valence-electron chi connectivity index (χ1n) is 6.28. The van der Waals surface area contributed by atoms with E-state index in [0.29, 0.717) is 5.82 Å². The van der Waals surface area contributed by atoms with E-state index in [0.717, 1.165) is 32.2 Å². The summed E-state index contributed by atoms with van der Waals surface area (Å²) < 4.78 is 0. The van der Waals surface area contributed by atoms with Crippen LogP contribution in [-0.2, 0) is 0 Å². The van der Waals surface area contributed by atoms with Crippen LogP contribution in [0.5, 0.6) is 0 Å². The van der Waals surface area contributed by atoms with E-state index in [2.05, 4.69) is 14.9 Å². The maximum absolute atomic E-state index is 11.1. The van der Waals surface area contributed by atoms with E-state index in [-0.39, 0.29) is 5.56 Å². The standard InChI is InChI=1S/C12H16N4O2/c17-12(18)10-7-13-8-14-11(10)16-5-3-15(4-6-16)9-1-2-9/h7-9H,1-6H2,(H,17,18). The number of hydrogen-bond donors (Lipinski definition) is 1. The van der Waals surface area contributed by atoms with Crippen LogP contribution >= 0.6 is 0 Å². The summed E-state index contributed by atoms with van der Waals surface area (Å²) in [4.78, 5) is 23.6. The lowest BCUT2D eigenvalue weighted by molar-refractivity contribution is 0.0696. The Labute approximate surface area is 105 Å². The highest BCUT2D eigenvalue weighted by Gasteiger charge is 2.32. The van der Waals surface area contributed by atoms with Crippen LogP contribution in [0, 0.1) is 0 Å². The van der Waals surface area contributed by atoms with Crippen molar-refractivity contribution in [2.24, 2.45) is 0 Å². The molecule has 1 saturated heterocycles. The molecule has 2 heterocycles. The molecule has 1 aromatic rings. The van der Waals surface area contributed by atoms with Gasteiger partial charge in [-0.05, 0) is 12.8 Å². The molecule has 2 fully saturated rings. The lowest BCUT2D eigenvalue weighted by Gasteiger charge is -2.35. The van der Waals surface area contributed by atoms with Gasteiger partial charge in [-0.25, -0.2) is 14.8 Å². The molecule has 18 heavy (non-hydrogen) atoms. The number of rotatable bonds is 3. The summed E-state index contributed by atoms with van der Waals surface area (Å²) in [6.45, 7) is 3.67. The number of piperazine rings is 1. The molecule has 3 rings (SSSR count). The van der Waals surface area contributed by atoms with Crippen LogP contribution in [0.2, 0.25) is 0 Å². The van der Waals surface area contributed by atoms with Crippen molar-refractivity contribution in [1.82, 2.24) is 14.9 Å². The van der Waals surface area contributed by atoms with Gasteiger partial charge in [-0.15, -0.1) is 0 Å². The Balaban J connectivity index is 1.73. The third-order valence-corrected chi connectivity index (χ3v) is 3.60. The average molecular weight is 248 g/mol. The number of carboxylic acid groups (broad SMARTS) is 1. The van der Waals surface area contributed by atoms with Crippen molar-refractivity contribution in [2.75, 3.05) is 31.1 Å². The first kappa shape index (κ1) is 11.4. The Morgan fingerprint density at radius 1 is 1.28 bits per heavy atom. The van der Waals surface area contributed by atoms with Crippen LogP contribution in [0.1, 0.15) is 23.2 Å². The molecule has 6 heteroatoms. The fourth-order valence-electron chi connectivity index (χ4n) is 2.46. The molecule has 0 radical (unpaired) electrons. The Bertz CT molecular complexity index is 453. The molecule has 2 aliphatic rings. The Morgan fingerprint density at radius 3 is 2.61 bits per heavy atom. The number of aromatic carboxylic acids is 1. The monoisotopic (exact) mass is 248 g/mol. The maximum Gasteiger partial charge on any atom is 0.341 e. The summed E-state index contributed by atoms with van der Waals surface area (Å²) in [5, 5.41) is 9.13.